The van der Waals surface area contributed by atoms with E-state index in [-0.39, 0.29) is 30.4 Å². The lowest BCUT2D eigenvalue weighted by Gasteiger charge is -2.36. The van der Waals surface area contributed by atoms with Crippen LogP contribution >= 0.6 is 15.9 Å². The van der Waals surface area contributed by atoms with Crippen LogP contribution in [0.3, 0.4) is 0 Å². The first-order valence-corrected chi connectivity index (χ1v) is 10.5. The van der Waals surface area contributed by atoms with E-state index in [0.29, 0.717) is 0 Å². The lowest BCUT2D eigenvalue weighted by atomic mass is 9.97. The van der Waals surface area contributed by atoms with E-state index >= 15 is 0 Å². The maximum absolute atomic E-state index is 14.8. The Bertz CT molecular complexity index is 769. The molecular weight excluding hydrogens is 432 g/mol. The molecule has 1 aromatic carbocycles. The number of amides is 1. The van der Waals surface area contributed by atoms with Gasteiger partial charge in [0.1, 0.15) is 5.60 Å². The molecule has 0 N–H and O–H groups in total. The first-order chi connectivity index (χ1) is 11.9. The average molecular weight is 454 g/mol. The molecule has 1 fully saturated rings. The van der Waals surface area contributed by atoms with Crippen molar-refractivity contribution in [1.82, 2.24) is 4.90 Å². The molecule has 0 bridgehead atoms. The van der Waals surface area contributed by atoms with Crippen LogP contribution < -0.4 is 0 Å². The number of benzene rings is 1. The molecule has 5 nitrogen and oxygen atoms in total. The highest BCUT2D eigenvalue weighted by atomic mass is 79.9. The van der Waals surface area contributed by atoms with Crippen molar-refractivity contribution in [2.24, 2.45) is 5.92 Å². The number of sulfone groups is 1. The largest absolute Gasteiger partial charge is 0.444 e. The van der Waals surface area contributed by atoms with Crippen LogP contribution in [0.2, 0.25) is 0 Å². The molecule has 1 aliphatic rings. The summed E-state index contributed by atoms with van der Waals surface area (Å²) < 4.78 is 59.9. The van der Waals surface area contributed by atoms with Crippen molar-refractivity contribution in [2.45, 2.75) is 49.4 Å². The van der Waals surface area contributed by atoms with E-state index in [2.05, 4.69) is 15.9 Å². The fourth-order valence-electron chi connectivity index (χ4n) is 2.75. The van der Waals surface area contributed by atoms with Crippen LogP contribution in [0.4, 0.5) is 13.6 Å². The van der Waals surface area contributed by atoms with Gasteiger partial charge in [0.15, 0.2) is 0 Å². The fourth-order valence-corrected chi connectivity index (χ4v) is 5.23. The van der Waals surface area contributed by atoms with Gasteiger partial charge in [-0.05, 0) is 61.7 Å². The lowest BCUT2D eigenvalue weighted by Crippen LogP contribution is -2.47. The molecule has 9 heteroatoms. The normalized spacial score (nSPS) is 17.2. The van der Waals surface area contributed by atoms with Gasteiger partial charge in [0, 0.05) is 23.5 Å². The Labute approximate surface area is 160 Å². The zero-order chi connectivity index (χ0) is 19.8. The number of carbonyl (C=O) groups excluding carboxylic acids is 1. The van der Waals surface area contributed by atoms with Crippen LogP contribution in [0.25, 0.3) is 0 Å². The highest BCUT2D eigenvalue weighted by Gasteiger charge is 2.54. The number of halogens is 3. The Morgan fingerprint density at radius 3 is 2.23 bits per heavy atom. The van der Waals surface area contributed by atoms with Gasteiger partial charge in [-0.15, -0.1) is 0 Å². The number of rotatable bonds is 3. The minimum absolute atomic E-state index is 0.0284. The van der Waals surface area contributed by atoms with Gasteiger partial charge in [-0.2, -0.15) is 8.78 Å². The minimum atomic E-state index is -4.85. The third kappa shape index (κ3) is 4.36. The predicted octanol–water partition coefficient (Wildman–Crippen LogP) is 4.46. The molecule has 1 aliphatic heterocycles. The highest BCUT2D eigenvalue weighted by molar-refractivity contribution is 9.10. The van der Waals surface area contributed by atoms with Gasteiger partial charge in [0.25, 0.3) is 0 Å². The molecule has 1 amide bonds. The summed E-state index contributed by atoms with van der Waals surface area (Å²) in [6, 6.07) is 5.52. The van der Waals surface area contributed by atoms with Gasteiger partial charge >= 0.3 is 11.3 Å². The van der Waals surface area contributed by atoms with Crippen molar-refractivity contribution in [3.8, 4) is 0 Å². The van der Waals surface area contributed by atoms with Crippen LogP contribution in [0.5, 0.6) is 0 Å². The molecule has 26 heavy (non-hydrogen) atoms. The number of carbonyl (C=O) groups is 1. The standard InChI is InChI=1S/C17H22BrF2NO4S/c1-16(2,3)25-15(22)21-10-8-12(9-11-21)17(19,20)26(23,24)14-7-5-4-6-13(14)18/h4-7,12H,8-11H2,1-3H3. The van der Waals surface area contributed by atoms with Crippen molar-refractivity contribution in [3.63, 3.8) is 0 Å². The Balaban J connectivity index is 2.13. The predicted molar refractivity (Wildman–Crippen MR) is 96.8 cm³/mol. The molecular formula is C17H22BrF2NO4S. The van der Waals surface area contributed by atoms with Gasteiger partial charge < -0.3 is 9.64 Å². The Hall–Kier alpha value is -1.22. The van der Waals surface area contributed by atoms with Crippen LogP contribution in [-0.2, 0) is 14.6 Å². The van der Waals surface area contributed by atoms with Gasteiger partial charge in [-0.25, -0.2) is 13.2 Å². The van der Waals surface area contributed by atoms with Crippen molar-refractivity contribution in [3.05, 3.63) is 28.7 Å². The highest BCUT2D eigenvalue weighted by Crippen LogP contribution is 2.42. The summed E-state index contributed by atoms with van der Waals surface area (Å²) in [5.41, 5.74) is -0.680. The maximum atomic E-state index is 14.8. The summed E-state index contributed by atoms with van der Waals surface area (Å²) in [5, 5.41) is -3.92. The smallest absolute Gasteiger partial charge is 0.410 e. The van der Waals surface area contributed by atoms with Crippen molar-refractivity contribution >= 4 is 31.9 Å². The summed E-state index contributed by atoms with van der Waals surface area (Å²) >= 11 is 3.02. The number of alkyl halides is 2. The third-order valence-corrected chi connectivity index (χ3v) is 7.05. The Morgan fingerprint density at radius 2 is 1.73 bits per heavy atom. The lowest BCUT2D eigenvalue weighted by molar-refractivity contribution is -0.0178. The molecule has 0 saturated carbocycles. The molecule has 0 aliphatic carbocycles. The summed E-state index contributed by atoms with van der Waals surface area (Å²) in [4.78, 5) is 12.9. The summed E-state index contributed by atoms with van der Waals surface area (Å²) in [7, 11) is -4.85. The monoisotopic (exact) mass is 453 g/mol. The molecule has 0 spiro atoms. The fraction of sp³-hybridized carbons (Fsp3) is 0.588. The third-order valence-electron chi connectivity index (χ3n) is 4.11. The number of likely N-dealkylation sites (tertiary alicyclic amines) is 1. The topological polar surface area (TPSA) is 63.7 Å². The second-order valence-corrected chi connectivity index (χ2v) is 10.1. The zero-order valence-electron chi connectivity index (χ0n) is 14.8. The first-order valence-electron chi connectivity index (χ1n) is 8.21. The van der Waals surface area contributed by atoms with E-state index in [9.17, 15) is 22.0 Å². The van der Waals surface area contributed by atoms with E-state index in [1.165, 1.54) is 17.0 Å². The molecule has 2 rings (SSSR count). The van der Waals surface area contributed by atoms with E-state index < -0.39 is 37.6 Å². The van der Waals surface area contributed by atoms with E-state index in [1.54, 1.807) is 26.8 Å². The molecule has 0 aromatic heterocycles. The number of hydrogen-bond acceptors (Lipinski definition) is 4. The van der Waals surface area contributed by atoms with Crippen LogP contribution in [0.1, 0.15) is 33.6 Å². The molecule has 0 unspecified atom stereocenters. The first kappa shape index (κ1) is 21.1. The molecule has 1 aromatic rings. The van der Waals surface area contributed by atoms with Crippen LogP contribution in [-0.4, -0.2) is 43.4 Å². The quantitative estimate of drug-likeness (QED) is 0.677. The Morgan fingerprint density at radius 1 is 1.19 bits per heavy atom. The van der Waals surface area contributed by atoms with Crippen molar-refractivity contribution in [1.29, 1.82) is 0 Å². The minimum Gasteiger partial charge on any atom is -0.444 e. The molecule has 0 radical (unpaired) electrons. The van der Waals surface area contributed by atoms with Crippen molar-refractivity contribution < 1.29 is 26.7 Å². The molecule has 146 valence electrons. The van der Waals surface area contributed by atoms with E-state index in [4.69, 9.17) is 4.74 Å². The number of nitrogens with zero attached hydrogens (tertiary/aromatic N) is 1. The number of hydrogen-bond donors (Lipinski definition) is 0. The van der Waals surface area contributed by atoms with Gasteiger partial charge in [0.05, 0.1) is 4.90 Å². The second kappa shape index (κ2) is 7.42. The van der Waals surface area contributed by atoms with Crippen molar-refractivity contribution in [2.75, 3.05) is 13.1 Å². The molecule has 1 heterocycles. The number of piperidine rings is 1. The summed E-state index contributed by atoms with van der Waals surface area (Å²) in [6.07, 6.45) is -0.806. The summed E-state index contributed by atoms with van der Waals surface area (Å²) in [6.45, 7) is 5.21. The summed E-state index contributed by atoms with van der Waals surface area (Å²) in [5.74, 6) is -1.36. The van der Waals surface area contributed by atoms with Crippen LogP contribution in [0.15, 0.2) is 33.6 Å². The van der Waals surface area contributed by atoms with E-state index in [1.807, 2.05) is 0 Å². The van der Waals surface area contributed by atoms with Gasteiger partial charge in [-0.3, -0.25) is 0 Å². The zero-order valence-corrected chi connectivity index (χ0v) is 17.2. The van der Waals surface area contributed by atoms with Crippen LogP contribution in [0, 0.1) is 5.92 Å². The molecule has 0 atom stereocenters. The molecule has 1 saturated heterocycles. The van der Waals surface area contributed by atoms with Gasteiger partial charge in [0.2, 0.25) is 9.84 Å². The van der Waals surface area contributed by atoms with E-state index in [0.717, 1.165) is 6.07 Å². The Kier molecular flexibility index (Phi) is 6.02. The number of ether oxygens (including phenoxy) is 1. The van der Waals surface area contributed by atoms with Gasteiger partial charge in [-0.1, -0.05) is 12.1 Å². The SMILES string of the molecule is CC(C)(C)OC(=O)N1CCC(C(F)(F)S(=O)(=O)c2ccccc2Br)CC1. The second-order valence-electron chi connectivity index (χ2n) is 7.24. The maximum Gasteiger partial charge on any atom is 0.410 e. The average Bonchev–Trinajstić information content (AvgIpc) is 2.53.